The zero-order chi connectivity index (χ0) is 18.4. The van der Waals surface area contributed by atoms with Gasteiger partial charge in [-0.05, 0) is 24.6 Å². The van der Waals surface area contributed by atoms with Crippen LogP contribution in [0.1, 0.15) is 12.0 Å². The average molecular weight is 377 g/mol. The van der Waals surface area contributed by atoms with E-state index in [-0.39, 0.29) is 5.02 Å². The van der Waals surface area contributed by atoms with Gasteiger partial charge < -0.3 is 4.74 Å². The Morgan fingerprint density at radius 2 is 2.12 bits per heavy atom. The van der Waals surface area contributed by atoms with Crippen LogP contribution >= 0.6 is 11.6 Å². The minimum Gasteiger partial charge on any atom is -0.380 e. The summed E-state index contributed by atoms with van der Waals surface area (Å²) in [5, 5.41) is 5.20. The Bertz CT molecular complexity index is 628. The molecule has 0 aliphatic carbocycles. The number of anilines is 1. The Kier molecular flexibility index (Phi) is 6.80. The monoisotopic (exact) mass is 376 g/mol. The van der Waals surface area contributed by atoms with Crippen molar-refractivity contribution >= 4 is 29.8 Å². The van der Waals surface area contributed by atoms with E-state index in [4.69, 9.17) is 16.3 Å². The Morgan fingerprint density at radius 1 is 1.36 bits per heavy atom. The molecule has 9 heteroatoms. The lowest BCUT2D eigenvalue weighted by molar-refractivity contribution is -0.137. The number of alkyl halides is 3. The number of ether oxygens (including phenoxy) is 1. The SMILES string of the molecule is C=NN(C(CN1CCCOCC1)=NC)c1ccc(C(F)(F)F)cc1Cl. The Hall–Kier alpha value is -1.64. The van der Waals surface area contributed by atoms with E-state index < -0.39 is 11.7 Å². The minimum absolute atomic E-state index is 0.0671. The zero-order valence-corrected chi connectivity index (χ0v) is 14.6. The third kappa shape index (κ3) is 5.17. The molecule has 0 amide bonds. The molecule has 0 saturated carbocycles. The number of nitrogens with zero attached hydrogens (tertiary/aromatic N) is 4. The van der Waals surface area contributed by atoms with Gasteiger partial charge in [0.1, 0.15) is 5.84 Å². The van der Waals surface area contributed by atoms with Gasteiger partial charge in [0.25, 0.3) is 0 Å². The predicted octanol–water partition coefficient (Wildman–Crippen LogP) is 3.53. The maximum Gasteiger partial charge on any atom is 0.416 e. The normalized spacial score (nSPS) is 17.2. The molecule has 0 radical (unpaired) electrons. The van der Waals surface area contributed by atoms with Crippen LogP contribution < -0.4 is 5.01 Å². The van der Waals surface area contributed by atoms with E-state index >= 15 is 0 Å². The predicted molar refractivity (Wildman–Crippen MR) is 93.7 cm³/mol. The molecule has 0 spiro atoms. The van der Waals surface area contributed by atoms with Crippen LogP contribution in [0, 0.1) is 0 Å². The van der Waals surface area contributed by atoms with Gasteiger partial charge in [0.2, 0.25) is 0 Å². The quantitative estimate of drug-likeness (QED) is 0.458. The van der Waals surface area contributed by atoms with Crippen LogP contribution in [0.4, 0.5) is 18.9 Å². The fourth-order valence-corrected chi connectivity index (χ4v) is 2.80. The molecule has 1 aliphatic heterocycles. The van der Waals surface area contributed by atoms with E-state index in [0.717, 1.165) is 31.6 Å². The third-order valence-corrected chi connectivity index (χ3v) is 4.13. The topological polar surface area (TPSA) is 40.4 Å². The highest BCUT2D eigenvalue weighted by Gasteiger charge is 2.31. The maximum atomic E-state index is 12.8. The van der Waals surface area contributed by atoms with Crippen LogP contribution in [0.25, 0.3) is 0 Å². The second-order valence-corrected chi connectivity index (χ2v) is 5.91. The lowest BCUT2D eigenvalue weighted by atomic mass is 10.2. The Balaban J connectivity index is 2.23. The summed E-state index contributed by atoms with van der Waals surface area (Å²) in [5.41, 5.74) is -0.513. The molecule has 0 unspecified atom stereocenters. The van der Waals surface area contributed by atoms with Crippen molar-refractivity contribution in [2.75, 3.05) is 44.9 Å². The van der Waals surface area contributed by atoms with Gasteiger partial charge in [-0.1, -0.05) is 11.6 Å². The first-order valence-electron chi connectivity index (χ1n) is 7.76. The molecule has 1 aliphatic rings. The molecule has 138 valence electrons. The highest BCUT2D eigenvalue weighted by Crippen LogP contribution is 2.35. The van der Waals surface area contributed by atoms with Crippen LogP contribution in [0.3, 0.4) is 0 Å². The summed E-state index contributed by atoms with van der Waals surface area (Å²) in [5.74, 6) is 0.540. The van der Waals surface area contributed by atoms with Gasteiger partial charge in [-0.2, -0.15) is 18.3 Å². The summed E-state index contributed by atoms with van der Waals surface area (Å²) in [7, 11) is 1.60. The molecule has 1 aromatic carbocycles. The number of aliphatic imine (C=N–C) groups is 1. The van der Waals surface area contributed by atoms with E-state index in [9.17, 15) is 13.2 Å². The molecule has 0 N–H and O–H groups in total. The summed E-state index contributed by atoms with van der Waals surface area (Å²) in [4.78, 5) is 6.36. The average Bonchev–Trinajstić information content (AvgIpc) is 2.83. The van der Waals surface area contributed by atoms with Gasteiger partial charge in [0, 0.05) is 33.5 Å². The number of hydrogen-bond acceptors (Lipinski definition) is 4. The van der Waals surface area contributed by atoms with Gasteiger partial charge in [0.05, 0.1) is 29.4 Å². The highest BCUT2D eigenvalue weighted by atomic mass is 35.5. The minimum atomic E-state index is -4.46. The molecule has 2 rings (SSSR count). The van der Waals surface area contributed by atoms with Crippen molar-refractivity contribution in [2.45, 2.75) is 12.6 Å². The Morgan fingerprint density at radius 3 is 2.72 bits per heavy atom. The molecule has 1 saturated heterocycles. The van der Waals surface area contributed by atoms with Crippen LogP contribution in [0.5, 0.6) is 0 Å². The Labute approximate surface area is 149 Å². The molecule has 5 nitrogen and oxygen atoms in total. The molecular formula is C16H20ClF3N4O. The van der Waals surface area contributed by atoms with Gasteiger partial charge in [-0.25, -0.2) is 5.01 Å². The number of amidine groups is 1. The molecular weight excluding hydrogens is 357 g/mol. The third-order valence-electron chi connectivity index (χ3n) is 3.83. The van der Waals surface area contributed by atoms with Crippen LogP contribution in [0.15, 0.2) is 28.3 Å². The maximum absolute atomic E-state index is 12.8. The molecule has 0 atom stereocenters. The van der Waals surface area contributed by atoms with Crippen LogP contribution in [-0.4, -0.2) is 57.3 Å². The van der Waals surface area contributed by atoms with E-state index in [2.05, 4.69) is 21.7 Å². The van der Waals surface area contributed by atoms with Crippen molar-refractivity contribution in [1.29, 1.82) is 0 Å². The summed E-state index contributed by atoms with van der Waals surface area (Å²) in [6.45, 7) is 6.88. The van der Waals surface area contributed by atoms with Gasteiger partial charge >= 0.3 is 6.18 Å². The summed E-state index contributed by atoms with van der Waals surface area (Å²) in [6.07, 6.45) is -3.55. The van der Waals surface area contributed by atoms with Crippen LogP contribution in [0.2, 0.25) is 5.02 Å². The number of benzene rings is 1. The molecule has 0 aromatic heterocycles. The number of halogens is 4. The van der Waals surface area contributed by atoms with Crippen molar-refractivity contribution in [1.82, 2.24) is 4.90 Å². The lowest BCUT2D eigenvalue weighted by Gasteiger charge is -2.26. The smallest absolute Gasteiger partial charge is 0.380 e. The number of hydrazone groups is 1. The first-order chi connectivity index (χ1) is 11.9. The van der Waals surface area contributed by atoms with E-state index in [1.54, 1.807) is 7.05 Å². The van der Waals surface area contributed by atoms with E-state index in [1.165, 1.54) is 11.1 Å². The van der Waals surface area contributed by atoms with E-state index in [0.29, 0.717) is 31.3 Å². The molecule has 1 aromatic rings. The second-order valence-electron chi connectivity index (χ2n) is 5.50. The molecule has 1 heterocycles. The summed E-state index contributed by atoms with van der Waals surface area (Å²) >= 11 is 6.06. The highest BCUT2D eigenvalue weighted by molar-refractivity contribution is 6.34. The first kappa shape index (κ1) is 19.7. The first-order valence-corrected chi connectivity index (χ1v) is 8.14. The van der Waals surface area contributed by atoms with Gasteiger partial charge in [0.15, 0.2) is 0 Å². The van der Waals surface area contributed by atoms with Gasteiger partial charge in [-0.3, -0.25) is 9.89 Å². The van der Waals surface area contributed by atoms with Gasteiger partial charge in [-0.15, -0.1) is 0 Å². The van der Waals surface area contributed by atoms with Crippen molar-refractivity contribution in [3.63, 3.8) is 0 Å². The molecule has 1 fully saturated rings. The van der Waals surface area contributed by atoms with Crippen molar-refractivity contribution < 1.29 is 17.9 Å². The fourth-order valence-electron chi connectivity index (χ4n) is 2.54. The number of rotatable bonds is 4. The number of hydrogen-bond donors (Lipinski definition) is 0. The van der Waals surface area contributed by atoms with E-state index in [1.807, 2.05) is 0 Å². The van der Waals surface area contributed by atoms with Crippen molar-refractivity contribution in [3.8, 4) is 0 Å². The zero-order valence-electron chi connectivity index (χ0n) is 13.9. The summed E-state index contributed by atoms with van der Waals surface area (Å²) < 4.78 is 43.8. The lowest BCUT2D eigenvalue weighted by Crippen LogP contribution is -2.39. The standard InChI is InChI=1S/C16H20ClF3N4O/c1-21-15(11-23-6-3-8-25-9-7-23)24(22-2)14-5-4-12(10-13(14)17)16(18,19)20/h4-5,10H,2-3,6-9,11H2,1H3. The molecule has 25 heavy (non-hydrogen) atoms. The summed E-state index contributed by atoms with van der Waals surface area (Å²) in [6, 6.07) is 3.12. The van der Waals surface area contributed by atoms with Crippen LogP contribution in [-0.2, 0) is 10.9 Å². The second kappa shape index (κ2) is 8.64. The largest absolute Gasteiger partial charge is 0.416 e. The van der Waals surface area contributed by atoms with Crippen molar-refractivity contribution in [2.24, 2.45) is 10.1 Å². The molecule has 0 bridgehead atoms. The fraction of sp³-hybridized carbons (Fsp3) is 0.500. The van der Waals surface area contributed by atoms with Crippen molar-refractivity contribution in [3.05, 3.63) is 28.8 Å².